The van der Waals surface area contributed by atoms with Crippen molar-refractivity contribution in [3.63, 3.8) is 0 Å². The molecule has 0 atom stereocenters. The Morgan fingerprint density at radius 1 is 1.42 bits per heavy atom. The van der Waals surface area contributed by atoms with E-state index in [-0.39, 0.29) is 30.2 Å². The van der Waals surface area contributed by atoms with Gasteiger partial charge in [0.15, 0.2) is 0 Å². The van der Waals surface area contributed by atoms with Crippen molar-refractivity contribution in [1.82, 2.24) is 9.36 Å². The van der Waals surface area contributed by atoms with Crippen LogP contribution in [0, 0.1) is 5.82 Å². The second kappa shape index (κ2) is 5.27. The predicted molar refractivity (Wildman–Crippen MR) is 70.3 cm³/mol. The van der Waals surface area contributed by atoms with Crippen LogP contribution in [0.4, 0.5) is 10.1 Å². The molecule has 2 N–H and O–H groups in total. The molecule has 0 aliphatic heterocycles. The molecule has 1 aromatic carbocycles. The second-order valence-electron chi connectivity index (χ2n) is 4.31. The zero-order valence-electron chi connectivity index (χ0n) is 10.9. The van der Waals surface area contributed by atoms with Crippen molar-refractivity contribution in [1.29, 1.82) is 0 Å². The van der Waals surface area contributed by atoms with Crippen molar-refractivity contribution in [2.24, 2.45) is 7.05 Å². The number of aromatic nitrogens is 2. The molecule has 0 aliphatic rings. The highest BCUT2D eigenvalue weighted by atomic mass is 19.1. The lowest BCUT2D eigenvalue weighted by Crippen LogP contribution is -2.23. The van der Waals surface area contributed by atoms with Crippen LogP contribution in [0.3, 0.4) is 0 Å². The Morgan fingerprint density at radius 3 is 2.79 bits per heavy atom. The molecule has 0 aliphatic carbocycles. The highest BCUT2D eigenvalue weighted by Crippen LogP contribution is 2.11. The van der Waals surface area contributed by atoms with Crippen molar-refractivity contribution in [3.8, 4) is 0 Å². The van der Waals surface area contributed by atoms with Gasteiger partial charge in [0.25, 0.3) is 5.56 Å². The van der Waals surface area contributed by atoms with Crippen molar-refractivity contribution in [3.05, 3.63) is 51.7 Å². The zero-order valence-corrected chi connectivity index (χ0v) is 10.9. The third-order valence-electron chi connectivity index (χ3n) is 3.03. The number of hydrogen-bond donors (Lipinski definition) is 1. The van der Waals surface area contributed by atoms with Crippen LogP contribution in [-0.4, -0.2) is 16.5 Å². The van der Waals surface area contributed by atoms with Crippen LogP contribution in [0.1, 0.15) is 11.3 Å². The van der Waals surface area contributed by atoms with Gasteiger partial charge in [-0.15, -0.1) is 0 Å². The lowest BCUT2D eigenvalue weighted by Gasteiger charge is -2.09. The van der Waals surface area contributed by atoms with Crippen LogP contribution in [0.25, 0.3) is 0 Å². The molecule has 0 saturated heterocycles. The molecular formula is C13H16FN3O2. The summed E-state index contributed by atoms with van der Waals surface area (Å²) in [7, 11) is 3.26. The minimum atomic E-state index is -0.329. The summed E-state index contributed by atoms with van der Waals surface area (Å²) in [5.41, 5.74) is 6.96. The first-order valence-corrected chi connectivity index (χ1v) is 5.82. The van der Waals surface area contributed by atoms with Gasteiger partial charge in [-0.2, -0.15) is 0 Å². The van der Waals surface area contributed by atoms with Crippen molar-refractivity contribution in [2.75, 3.05) is 12.8 Å². The van der Waals surface area contributed by atoms with E-state index in [4.69, 9.17) is 10.5 Å². The summed E-state index contributed by atoms with van der Waals surface area (Å²) in [5.74, 6) is -0.329. The minimum absolute atomic E-state index is 0.167. The number of hydrogen-bond acceptors (Lipinski definition) is 3. The number of nitrogens with zero attached hydrogens (tertiary/aromatic N) is 2. The lowest BCUT2D eigenvalue weighted by atomic mass is 10.2. The Kier molecular flexibility index (Phi) is 3.71. The van der Waals surface area contributed by atoms with Crippen LogP contribution >= 0.6 is 0 Å². The van der Waals surface area contributed by atoms with E-state index in [2.05, 4.69) is 0 Å². The Hall–Kier alpha value is -2.08. The van der Waals surface area contributed by atoms with Gasteiger partial charge >= 0.3 is 0 Å². The molecule has 0 unspecified atom stereocenters. The number of rotatable bonds is 4. The summed E-state index contributed by atoms with van der Waals surface area (Å²) in [4.78, 5) is 12.0. The first kappa shape index (κ1) is 13.4. The molecule has 0 fully saturated rings. The summed E-state index contributed by atoms with van der Waals surface area (Å²) in [6, 6.07) is 6.13. The van der Waals surface area contributed by atoms with E-state index in [0.29, 0.717) is 11.3 Å². The van der Waals surface area contributed by atoms with E-state index in [9.17, 15) is 9.18 Å². The normalized spacial score (nSPS) is 10.9. The van der Waals surface area contributed by atoms with E-state index in [1.807, 2.05) is 0 Å². The van der Waals surface area contributed by atoms with Crippen molar-refractivity contribution < 1.29 is 9.13 Å². The average molecular weight is 265 g/mol. The molecule has 0 bridgehead atoms. The lowest BCUT2D eigenvalue weighted by molar-refractivity contribution is 0.177. The maximum absolute atomic E-state index is 13.1. The van der Waals surface area contributed by atoms with Gasteiger partial charge in [-0.25, -0.2) is 9.07 Å². The number of methoxy groups -OCH3 is 1. The Labute approximate surface area is 110 Å². The van der Waals surface area contributed by atoms with E-state index in [1.165, 1.54) is 23.9 Å². The molecule has 6 heteroatoms. The molecule has 1 heterocycles. The summed E-state index contributed by atoms with van der Waals surface area (Å²) >= 11 is 0. The molecule has 1 aromatic heterocycles. The first-order valence-electron chi connectivity index (χ1n) is 5.82. The molecule has 0 spiro atoms. The molecular weight excluding hydrogens is 249 g/mol. The summed E-state index contributed by atoms with van der Waals surface area (Å²) in [6.07, 6.45) is 0. The second-order valence-corrected chi connectivity index (χ2v) is 4.31. The molecule has 0 radical (unpaired) electrons. The van der Waals surface area contributed by atoms with Gasteiger partial charge in [0.2, 0.25) is 0 Å². The van der Waals surface area contributed by atoms with E-state index < -0.39 is 0 Å². The molecule has 2 aromatic rings. The largest absolute Gasteiger partial charge is 0.393 e. The third kappa shape index (κ3) is 2.53. The number of halogens is 1. The molecule has 0 saturated carbocycles. The van der Waals surface area contributed by atoms with E-state index >= 15 is 0 Å². The fraction of sp³-hybridized carbons (Fsp3) is 0.308. The van der Waals surface area contributed by atoms with Gasteiger partial charge in [-0.05, 0) is 17.7 Å². The highest BCUT2D eigenvalue weighted by molar-refractivity contribution is 5.41. The van der Waals surface area contributed by atoms with E-state index in [0.717, 1.165) is 0 Å². The highest BCUT2D eigenvalue weighted by Gasteiger charge is 2.15. The smallest absolute Gasteiger partial charge is 0.290 e. The monoisotopic (exact) mass is 265 g/mol. The van der Waals surface area contributed by atoms with Gasteiger partial charge in [0.05, 0.1) is 18.8 Å². The maximum atomic E-state index is 13.1. The Bertz CT molecular complexity index is 646. The van der Waals surface area contributed by atoms with Crippen molar-refractivity contribution >= 4 is 5.69 Å². The quantitative estimate of drug-likeness (QED) is 0.900. The predicted octanol–water partition coefficient (Wildman–Crippen LogP) is 1.10. The standard InChI is InChI=1S/C13H16FN3O2/c1-16-11(8-19-2)12(15)13(18)17(16)7-9-4-3-5-10(14)6-9/h3-6H,7-8,15H2,1-2H3. The van der Waals surface area contributed by atoms with Gasteiger partial charge in [-0.1, -0.05) is 12.1 Å². The fourth-order valence-electron chi connectivity index (χ4n) is 2.01. The van der Waals surface area contributed by atoms with Crippen LogP contribution < -0.4 is 11.3 Å². The summed E-state index contributed by atoms with van der Waals surface area (Å²) < 4.78 is 21.3. The molecule has 0 amide bonds. The van der Waals surface area contributed by atoms with Gasteiger partial charge < -0.3 is 10.5 Å². The maximum Gasteiger partial charge on any atom is 0.290 e. The van der Waals surface area contributed by atoms with Gasteiger partial charge in [0, 0.05) is 14.2 Å². The molecule has 2 rings (SSSR count). The topological polar surface area (TPSA) is 62.2 Å². The Balaban J connectivity index is 2.41. The van der Waals surface area contributed by atoms with Crippen LogP contribution in [0.5, 0.6) is 0 Å². The number of benzene rings is 1. The summed E-state index contributed by atoms with van der Waals surface area (Å²) in [5, 5.41) is 0. The minimum Gasteiger partial charge on any atom is -0.393 e. The summed E-state index contributed by atoms with van der Waals surface area (Å²) in [6.45, 7) is 0.523. The van der Waals surface area contributed by atoms with Gasteiger partial charge in [-0.3, -0.25) is 9.48 Å². The third-order valence-corrected chi connectivity index (χ3v) is 3.03. The van der Waals surface area contributed by atoms with E-state index in [1.54, 1.807) is 23.9 Å². The van der Waals surface area contributed by atoms with Crippen LogP contribution in [0.2, 0.25) is 0 Å². The van der Waals surface area contributed by atoms with Crippen molar-refractivity contribution in [2.45, 2.75) is 13.2 Å². The SMILES string of the molecule is COCc1c(N)c(=O)n(Cc2cccc(F)c2)n1C. The zero-order chi connectivity index (χ0) is 14.0. The number of nitrogens with two attached hydrogens (primary N) is 1. The van der Waals surface area contributed by atoms with Crippen LogP contribution in [-0.2, 0) is 24.9 Å². The fourth-order valence-corrected chi connectivity index (χ4v) is 2.01. The first-order chi connectivity index (χ1) is 9.04. The van der Waals surface area contributed by atoms with Gasteiger partial charge in [0.1, 0.15) is 11.5 Å². The molecule has 102 valence electrons. The number of anilines is 1. The van der Waals surface area contributed by atoms with Crippen LogP contribution in [0.15, 0.2) is 29.1 Å². The number of nitrogen functional groups attached to an aromatic ring is 1. The number of ether oxygens (including phenoxy) is 1. The Morgan fingerprint density at radius 2 is 2.16 bits per heavy atom. The average Bonchev–Trinajstić information content (AvgIpc) is 2.57. The molecule has 19 heavy (non-hydrogen) atoms. The molecule has 5 nitrogen and oxygen atoms in total.